The van der Waals surface area contributed by atoms with Crippen LogP contribution < -0.4 is 0 Å². The Labute approximate surface area is 109 Å². The molecular weight excluding hydrogens is 303 g/mol. The maximum absolute atomic E-state index is 5.43. The summed E-state index contributed by atoms with van der Waals surface area (Å²) in [6.45, 7) is 4.39. The zero-order valence-corrected chi connectivity index (χ0v) is 12.0. The largest absolute Gasteiger partial charge is 0.381 e. The minimum absolute atomic E-state index is 0. The quantitative estimate of drug-likeness (QED) is 0.751. The Kier molecular flexibility index (Phi) is 8.04. The summed E-state index contributed by atoms with van der Waals surface area (Å²) < 4.78 is 7.55. The molecule has 1 heterocycles. The fourth-order valence-corrected chi connectivity index (χ4v) is 1.69. The summed E-state index contributed by atoms with van der Waals surface area (Å²) >= 11 is 0. The molecule has 0 saturated heterocycles. The molecule has 1 aromatic heterocycles. The van der Waals surface area contributed by atoms with E-state index in [4.69, 9.17) is 4.74 Å². The van der Waals surface area contributed by atoms with Gasteiger partial charge in [0.1, 0.15) is 0 Å². The van der Waals surface area contributed by atoms with Gasteiger partial charge >= 0.3 is 0 Å². The minimum atomic E-state index is 0. The van der Waals surface area contributed by atoms with Crippen molar-refractivity contribution in [3.8, 4) is 0 Å². The van der Waals surface area contributed by atoms with E-state index in [0.29, 0.717) is 12.1 Å². The molecule has 2 atom stereocenters. The van der Waals surface area contributed by atoms with Gasteiger partial charge in [0.05, 0.1) is 12.4 Å². The van der Waals surface area contributed by atoms with Crippen LogP contribution in [0.2, 0.25) is 0 Å². The summed E-state index contributed by atoms with van der Waals surface area (Å²) in [7, 11) is 1.79. The summed E-state index contributed by atoms with van der Waals surface area (Å²) in [5, 5.41) is 0. The van der Waals surface area contributed by atoms with Crippen LogP contribution in [0.1, 0.15) is 39.2 Å². The Morgan fingerprint density at radius 3 is 2.67 bits per heavy atom. The maximum Gasteiger partial charge on any atom is 0.0948 e. The molecule has 88 valence electrons. The average molecular weight is 324 g/mol. The predicted octanol–water partition coefficient (Wildman–Crippen LogP) is 3.27. The fraction of sp³-hybridized carbons (Fsp3) is 0.727. The molecule has 1 rings (SSSR count). The zero-order valence-electron chi connectivity index (χ0n) is 9.72. The van der Waals surface area contributed by atoms with Crippen LogP contribution in [0.25, 0.3) is 0 Å². The van der Waals surface area contributed by atoms with Gasteiger partial charge in [0.2, 0.25) is 0 Å². The normalized spacial score (nSPS) is 14.3. The van der Waals surface area contributed by atoms with Gasteiger partial charge in [-0.05, 0) is 19.8 Å². The first-order chi connectivity index (χ1) is 6.77. The highest BCUT2D eigenvalue weighted by Gasteiger charge is 2.12. The van der Waals surface area contributed by atoms with Crippen LogP contribution in [0.3, 0.4) is 0 Å². The molecule has 0 aliphatic heterocycles. The molecule has 3 nitrogen and oxygen atoms in total. The number of ether oxygens (including phenoxy) is 1. The van der Waals surface area contributed by atoms with Gasteiger partial charge in [0, 0.05) is 25.5 Å². The number of aromatic nitrogens is 2. The molecular formula is C11H21IN2O. The number of nitrogens with zero attached hydrogens (tertiary/aromatic N) is 2. The SMILES string of the molecule is CCCC(CC(C)n1ccnc1)OC.I. The minimum Gasteiger partial charge on any atom is -0.381 e. The lowest BCUT2D eigenvalue weighted by molar-refractivity contribution is 0.0760. The lowest BCUT2D eigenvalue weighted by atomic mass is 10.1. The Balaban J connectivity index is 0.00000196. The number of halogens is 1. The lowest BCUT2D eigenvalue weighted by Gasteiger charge is -2.20. The van der Waals surface area contributed by atoms with E-state index in [-0.39, 0.29) is 24.0 Å². The summed E-state index contributed by atoms with van der Waals surface area (Å²) in [6.07, 6.45) is 9.42. The van der Waals surface area contributed by atoms with Gasteiger partial charge in [0.15, 0.2) is 0 Å². The molecule has 1 aromatic rings. The van der Waals surface area contributed by atoms with Gasteiger partial charge in [-0.1, -0.05) is 13.3 Å². The van der Waals surface area contributed by atoms with Gasteiger partial charge in [-0.2, -0.15) is 0 Å². The molecule has 0 radical (unpaired) electrons. The van der Waals surface area contributed by atoms with Crippen LogP contribution in [0.15, 0.2) is 18.7 Å². The number of hydrogen-bond donors (Lipinski definition) is 0. The average Bonchev–Trinajstić information content (AvgIpc) is 2.69. The van der Waals surface area contributed by atoms with Crippen molar-refractivity contribution in [1.82, 2.24) is 9.55 Å². The highest BCUT2D eigenvalue weighted by Crippen LogP contribution is 2.17. The van der Waals surface area contributed by atoms with Crippen molar-refractivity contribution in [1.29, 1.82) is 0 Å². The molecule has 0 aromatic carbocycles. The number of rotatable bonds is 6. The monoisotopic (exact) mass is 324 g/mol. The molecule has 0 bridgehead atoms. The van der Waals surface area contributed by atoms with Gasteiger partial charge in [-0.3, -0.25) is 0 Å². The third-order valence-electron chi connectivity index (χ3n) is 2.58. The second-order valence-corrected chi connectivity index (χ2v) is 3.74. The topological polar surface area (TPSA) is 27.1 Å². The summed E-state index contributed by atoms with van der Waals surface area (Å²) in [5.74, 6) is 0. The third kappa shape index (κ3) is 4.97. The first-order valence-corrected chi connectivity index (χ1v) is 5.28. The number of methoxy groups -OCH3 is 1. The molecule has 0 spiro atoms. The molecule has 0 fully saturated rings. The lowest BCUT2D eigenvalue weighted by Crippen LogP contribution is -2.16. The first kappa shape index (κ1) is 14.9. The van der Waals surface area contributed by atoms with Crippen LogP contribution in [-0.4, -0.2) is 22.8 Å². The van der Waals surface area contributed by atoms with E-state index in [2.05, 4.69) is 23.4 Å². The van der Waals surface area contributed by atoms with Gasteiger partial charge in [-0.15, -0.1) is 24.0 Å². The van der Waals surface area contributed by atoms with E-state index >= 15 is 0 Å². The number of hydrogen-bond acceptors (Lipinski definition) is 2. The van der Waals surface area contributed by atoms with Crippen LogP contribution >= 0.6 is 24.0 Å². The highest BCUT2D eigenvalue weighted by molar-refractivity contribution is 14.0. The summed E-state index contributed by atoms with van der Waals surface area (Å²) in [6, 6.07) is 0.467. The van der Waals surface area contributed by atoms with Crippen molar-refractivity contribution in [2.75, 3.05) is 7.11 Å². The molecule has 15 heavy (non-hydrogen) atoms. The Hall–Kier alpha value is -0.100. The number of imidazole rings is 1. The molecule has 0 aliphatic rings. The van der Waals surface area contributed by atoms with Gasteiger partial charge < -0.3 is 9.30 Å². The summed E-state index contributed by atoms with van der Waals surface area (Å²) in [4.78, 5) is 4.04. The van der Waals surface area contributed by atoms with Crippen molar-refractivity contribution in [3.05, 3.63) is 18.7 Å². The first-order valence-electron chi connectivity index (χ1n) is 5.28. The highest BCUT2D eigenvalue weighted by atomic mass is 127. The van der Waals surface area contributed by atoms with Crippen molar-refractivity contribution in [2.24, 2.45) is 0 Å². The van der Waals surface area contributed by atoms with E-state index in [9.17, 15) is 0 Å². The van der Waals surface area contributed by atoms with Gasteiger partial charge in [-0.25, -0.2) is 4.98 Å². The van der Waals surface area contributed by atoms with E-state index < -0.39 is 0 Å². The van der Waals surface area contributed by atoms with E-state index in [0.717, 1.165) is 12.8 Å². The van der Waals surface area contributed by atoms with Crippen molar-refractivity contribution >= 4 is 24.0 Å². The van der Waals surface area contributed by atoms with Crippen LogP contribution in [0.5, 0.6) is 0 Å². The van der Waals surface area contributed by atoms with Crippen molar-refractivity contribution in [3.63, 3.8) is 0 Å². The second-order valence-electron chi connectivity index (χ2n) is 3.74. The van der Waals surface area contributed by atoms with Crippen LogP contribution in [-0.2, 0) is 4.74 Å². The third-order valence-corrected chi connectivity index (χ3v) is 2.58. The van der Waals surface area contributed by atoms with Crippen LogP contribution in [0, 0.1) is 0 Å². The maximum atomic E-state index is 5.43. The predicted molar refractivity (Wildman–Crippen MR) is 72.7 cm³/mol. The molecule has 0 saturated carbocycles. The Bertz CT molecular complexity index is 239. The molecule has 2 unspecified atom stereocenters. The Morgan fingerprint density at radius 1 is 1.47 bits per heavy atom. The molecule has 4 heteroatoms. The van der Waals surface area contributed by atoms with Crippen molar-refractivity contribution in [2.45, 2.75) is 45.3 Å². The smallest absolute Gasteiger partial charge is 0.0948 e. The standard InChI is InChI=1S/C11H20N2O.HI/c1-4-5-11(14-3)8-10(2)13-7-6-12-9-13;/h6-7,9-11H,4-5,8H2,1-3H3;1H. The van der Waals surface area contributed by atoms with Crippen molar-refractivity contribution < 1.29 is 4.74 Å². The zero-order chi connectivity index (χ0) is 10.4. The molecule has 0 aliphatic carbocycles. The van der Waals surface area contributed by atoms with Gasteiger partial charge in [0.25, 0.3) is 0 Å². The molecule has 0 N–H and O–H groups in total. The van der Waals surface area contributed by atoms with E-state index in [1.807, 2.05) is 18.7 Å². The van der Waals surface area contributed by atoms with E-state index in [1.165, 1.54) is 6.42 Å². The Morgan fingerprint density at radius 2 is 2.20 bits per heavy atom. The fourth-order valence-electron chi connectivity index (χ4n) is 1.69. The molecule has 0 amide bonds. The van der Waals surface area contributed by atoms with E-state index in [1.54, 1.807) is 7.11 Å². The second kappa shape index (κ2) is 8.10. The summed E-state index contributed by atoms with van der Waals surface area (Å²) in [5.41, 5.74) is 0. The van der Waals surface area contributed by atoms with Crippen LogP contribution in [0.4, 0.5) is 0 Å².